The minimum absolute atomic E-state index is 0.119. The summed E-state index contributed by atoms with van der Waals surface area (Å²) >= 11 is 0. The zero-order chi connectivity index (χ0) is 19.8. The van der Waals surface area contributed by atoms with Crippen molar-refractivity contribution in [2.45, 2.75) is 49.3 Å². The molecule has 29 heavy (non-hydrogen) atoms. The third-order valence-corrected chi connectivity index (χ3v) is 8.18. The highest BCUT2D eigenvalue weighted by Gasteiger charge is 2.45. The summed E-state index contributed by atoms with van der Waals surface area (Å²) in [6, 6.07) is 11.0. The van der Waals surface area contributed by atoms with E-state index in [1.807, 2.05) is 18.3 Å². The molecule has 0 N–H and O–H groups in total. The molecule has 3 aliphatic rings. The fraction of sp³-hybridized carbons (Fsp3) is 0.500. The quantitative estimate of drug-likeness (QED) is 0.771. The van der Waals surface area contributed by atoms with Crippen molar-refractivity contribution in [2.75, 3.05) is 19.6 Å². The molecule has 2 fully saturated rings. The molecular weight excluding hydrogens is 386 g/mol. The van der Waals surface area contributed by atoms with E-state index in [0.717, 1.165) is 45.3 Å². The fourth-order valence-corrected chi connectivity index (χ4v) is 6.38. The van der Waals surface area contributed by atoms with Gasteiger partial charge in [-0.3, -0.25) is 9.88 Å². The van der Waals surface area contributed by atoms with Crippen LogP contribution in [-0.4, -0.2) is 54.4 Å². The van der Waals surface area contributed by atoms with Gasteiger partial charge in [0.25, 0.3) is 0 Å². The standard InChI is InChI=1S/C22H27N3O3S/c26-29(27)22-6-2-1-5-21(22)28-20-10-13-24(15-18-4-3-11-23-14-18)12-9-19(20)25(29)16-17-7-8-17/h1-6,11,14,17,19-20H,7-10,12-13,15-16H2/t19-,20-/m1/s1. The number of benzene rings is 1. The summed E-state index contributed by atoms with van der Waals surface area (Å²) in [7, 11) is -3.56. The fourth-order valence-electron chi connectivity index (χ4n) is 4.51. The van der Waals surface area contributed by atoms with Gasteiger partial charge >= 0.3 is 0 Å². The number of para-hydroxylation sites is 1. The first-order valence-electron chi connectivity index (χ1n) is 10.5. The van der Waals surface area contributed by atoms with E-state index < -0.39 is 10.0 Å². The van der Waals surface area contributed by atoms with Crippen molar-refractivity contribution >= 4 is 10.0 Å². The van der Waals surface area contributed by atoms with Crippen LogP contribution in [-0.2, 0) is 16.6 Å². The van der Waals surface area contributed by atoms with Gasteiger partial charge in [0.2, 0.25) is 10.0 Å². The van der Waals surface area contributed by atoms with E-state index in [1.165, 1.54) is 5.56 Å². The second kappa shape index (κ2) is 7.70. The largest absolute Gasteiger partial charge is 0.487 e. The molecule has 0 radical (unpaired) electrons. The first-order chi connectivity index (χ1) is 14.1. The van der Waals surface area contributed by atoms with Crippen LogP contribution in [0, 0.1) is 5.92 Å². The smallest absolute Gasteiger partial charge is 0.247 e. The second-order valence-electron chi connectivity index (χ2n) is 8.40. The van der Waals surface area contributed by atoms with Crippen LogP contribution in [0.3, 0.4) is 0 Å². The maximum absolute atomic E-state index is 13.6. The number of pyridine rings is 1. The molecular formula is C22H27N3O3S. The highest BCUT2D eigenvalue weighted by Crippen LogP contribution is 2.39. The molecule has 154 valence electrons. The van der Waals surface area contributed by atoms with Crippen LogP contribution in [0.1, 0.15) is 31.2 Å². The molecule has 1 aromatic carbocycles. The Morgan fingerprint density at radius 1 is 1.03 bits per heavy atom. The van der Waals surface area contributed by atoms with Gasteiger partial charge in [-0.1, -0.05) is 18.2 Å². The minimum atomic E-state index is -3.56. The van der Waals surface area contributed by atoms with Gasteiger partial charge < -0.3 is 4.74 Å². The Hall–Kier alpha value is -1.96. The molecule has 2 aliphatic heterocycles. The molecule has 5 rings (SSSR count). The lowest BCUT2D eigenvalue weighted by molar-refractivity contribution is 0.111. The number of likely N-dealkylation sites (tertiary alicyclic amines) is 1. The Morgan fingerprint density at radius 2 is 1.86 bits per heavy atom. The Bertz CT molecular complexity index is 962. The highest BCUT2D eigenvalue weighted by molar-refractivity contribution is 7.89. The van der Waals surface area contributed by atoms with E-state index in [9.17, 15) is 8.42 Å². The van der Waals surface area contributed by atoms with Crippen molar-refractivity contribution in [2.24, 2.45) is 5.92 Å². The number of fused-ring (bicyclic) bond motifs is 2. The van der Waals surface area contributed by atoms with Crippen molar-refractivity contribution in [3.63, 3.8) is 0 Å². The Kier molecular flexibility index (Phi) is 5.05. The van der Waals surface area contributed by atoms with Crippen LogP contribution in [0.15, 0.2) is 53.7 Å². The monoisotopic (exact) mass is 413 g/mol. The molecule has 3 heterocycles. The summed E-state index contributed by atoms with van der Waals surface area (Å²) in [5.41, 5.74) is 1.18. The van der Waals surface area contributed by atoms with Gasteiger partial charge in [-0.25, -0.2) is 8.42 Å². The Morgan fingerprint density at radius 3 is 2.66 bits per heavy atom. The SMILES string of the molecule is O=S1(=O)c2ccccc2O[C@@H]2CCN(Cc3cccnc3)CC[C@H]2N1CC1CC1. The number of nitrogens with zero attached hydrogens (tertiary/aromatic N) is 3. The lowest BCUT2D eigenvalue weighted by Crippen LogP contribution is -2.48. The van der Waals surface area contributed by atoms with Crippen molar-refractivity contribution in [3.8, 4) is 5.75 Å². The van der Waals surface area contributed by atoms with Gasteiger partial charge in [-0.2, -0.15) is 4.31 Å². The molecule has 1 saturated heterocycles. The normalized spacial score (nSPS) is 27.2. The van der Waals surface area contributed by atoms with E-state index in [1.54, 1.807) is 28.7 Å². The molecule has 0 unspecified atom stereocenters. The van der Waals surface area contributed by atoms with Crippen LogP contribution < -0.4 is 4.74 Å². The molecule has 0 amide bonds. The topological polar surface area (TPSA) is 62.7 Å². The van der Waals surface area contributed by atoms with E-state index in [-0.39, 0.29) is 12.1 Å². The number of sulfonamides is 1. The van der Waals surface area contributed by atoms with Crippen molar-refractivity contribution in [1.29, 1.82) is 0 Å². The van der Waals surface area contributed by atoms with Crippen molar-refractivity contribution in [3.05, 3.63) is 54.4 Å². The van der Waals surface area contributed by atoms with Crippen molar-refractivity contribution < 1.29 is 13.2 Å². The summed E-state index contributed by atoms with van der Waals surface area (Å²) in [6.07, 6.45) is 7.42. The van der Waals surface area contributed by atoms with E-state index >= 15 is 0 Å². The van der Waals surface area contributed by atoms with Crippen molar-refractivity contribution in [1.82, 2.24) is 14.2 Å². The second-order valence-corrected chi connectivity index (χ2v) is 10.3. The van der Waals surface area contributed by atoms with Crippen LogP contribution in [0.4, 0.5) is 0 Å². The van der Waals surface area contributed by atoms with Gasteiger partial charge in [0.15, 0.2) is 0 Å². The van der Waals surface area contributed by atoms with Gasteiger partial charge in [-0.05, 0) is 55.4 Å². The average Bonchev–Trinajstić information content (AvgIpc) is 3.56. The number of aromatic nitrogens is 1. The van der Waals surface area contributed by atoms with E-state index in [0.29, 0.717) is 23.1 Å². The zero-order valence-electron chi connectivity index (χ0n) is 16.5. The number of ether oxygens (including phenoxy) is 1. The van der Waals surface area contributed by atoms with Gasteiger partial charge in [0.05, 0.1) is 6.04 Å². The summed E-state index contributed by atoms with van der Waals surface area (Å²) < 4.78 is 35.2. The molecule has 2 atom stereocenters. The molecule has 1 aromatic heterocycles. The van der Waals surface area contributed by atoms with Gasteiger partial charge in [0.1, 0.15) is 16.7 Å². The van der Waals surface area contributed by atoms with Crippen LogP contribution >= 0.6 is 0 Å². The number of hydrogen-bond acceptors (Lipinski definition) is 5. The minimum Gasteiger partial charge on any atom is -0.487 e. The molecule has 7 heteroatoms. The van der Waals surface area contributed by atoms with Crippen LogP contribution in [0.25, 0.3) is 0 Å². The lowest BCUT2D eigenvalue weighted by Gasteiger charge is -2.31. The summed E-state index contributed by atoms with van der Waals surface area (Å²) in [4.78, 5) is 6.93. The third-order valence-electron chi connectivity index (χ3n) is 6.25. The Labute approximate surface area is 172 Å². The molecule has 2 aromatic rings. The van der Waals surface area contributed by atoms with Crippen LogP contribution in [0.2, 0.25) is 0 Å². The maximum atomic E-state index is 13.6. The number of hydrogen-bond donors (Lipinski definition) is 0. The highest BCUT2D eigenvalue weighted by atomic mass is 32.2. The molecule has 0 bridgehead atoms. The predicted molar refractivity (Wildman–Crippen MR) is 110 cm³/mol. The maximum Gasteiger partial charge on any atom is 0.247 e. The van der Waals surface area contributed by atoms with Crippen LogP contribution in [0.5, 0.6) is 5.75 Å². The first kappa shape index (κ1) is 19.0. The number of rotatable bonds is 4. The summed E-state index contributed by atoms with van der Waals surface area (Å²) in [5, 5.41) is 0. The Balaban J connectivity index is 1.44. The lowest BCUT2D eigenvalue weighted by atomic mass is 10.1. The molecule has 0 spiro atoms. The van der Waals surface area contributed by atoms with E-state index in [2.05, 4.69) is 16.0 Å². The third kappa shape index (κ3) is 3.91. The molecule has 6 nitrogen and oxygen atoms in total. The zero-order valence-corrected chi connectivity index (χ0v) is 17.3. The molecule has 1 aliphatic carbocycles. The van der Waals surface area contributed by atoms with Gasteiger partial charge in [-0.15, -0.1) is 0 Å². The van der Waals surface area contributed by atoms with E-state index in [4.69, 9.17) is 4.74 Å². The van der Waals surface area contributed by atoms with Gasteiger partial charge in [0, 0.05) is 38.6 Å². The summed E-state index contributed by atoms with van der Waals surface area (Å²) in [6.45, 7) is 3.19. The first-order valence-corrected chi connectivity index (χ1v) is 11.9. The predicted octanol–water partition coefficient (Wildman–Crippen LogP) is 2.91. The average molecular weight is 414 g/mol. The summed E-state index contributed by atoms with van der Waals surface area (Å²) in [5.74, 6) is 0.993. The molecule has 1 saturated carbocycles.